The van der Waals surface area contributed by atoms with Crippen LogP contribution in [-0.2, 0) is 4.79 Å². The third kappa shape index (κ3) is 4.59. The normalized spacial score (nSPS) is 19.3. The number of piperidine rings is 1. The maximum Gasteiger partial charge on any atom is 0.344 e. The lowest BCUT2D eigenvalue weighted by Crippen LogP contribution is -2.62. The highest BCUT2D eigenvalue weighted by Gasteiger charge is 2.38. The molecular formula is C25H30N2O4. The third-order valence-electron chi connectivity index (χ3n) is 5.81. The summed E-state index contributed by atoms with van der Waals surface area (Å²) in [6.07, 6.45) is 1.03. The van der Waals surface area contributed by atoms with Crippen LogP contribution in [0, 0.1) is 0 Å². The van der Waals surface area contributed by atoms with Crippen LogP contribution < -0.4 is 21.0 Å². The van der Waals surface area contributed by atoms with Crippen LogP contribution in [0.5, 0.6) is 5.75 Å². The van der Waals surface area contributed by atoms with Gasteiger partial charge in [0.1, 0.15) is 11.3 Å². The summed E-state index contributed by atoms with van der Waals surface area (Å²) in [7, 11) is 0. The Kier molecular flexibility index (Phi) is 5.30. The minimum absolute atomic E-state index is 0.0531. The molecule has 1 fully saturated rings. The molecule has 0 radical (unpaired) electrons. The molecule has 4 rings (SSSR count). The van der Waals surface area contributed by atoms with Gasteiger partial charge in [-0.3, -0.25) is 4.79 Å². The second-order valence-corrected chi connectivity index (χ2v) is 9.86. The Morgan fingerprint density at radius 1 is 1.06 bits per heavy atom. The summed E-state index contributed by atoms with van der Waals surface area (Å²) in [5.74, 6) is 0.332. The smallest absolute Gasteiger partial charge is 0.344 e. The second-order valence-electron chi connectivity index (χ2n) is 9.86. The Balaban J connectivity index is 1.50. The number of ether oxygens (including phenoxy) is 1. The van der Waals surface area contributed by atoms with Crippen LogP contribution in [0.1, 0.15) is 47.5 Å². The van der Waals surface area contributed by atoms with E-state index in [-0.39, 0.29) is 28.7 Å². The molecule has 1 aliphatic rings. The first-order chi connectivity index (χ1) is 14.5. The van der Waals surface area contributed by atoms with Gasteiger partial charge in [0.05, 0.1) is 5.39 Å². The molecule has 0 bridgehead atoms. The minimum Gasteiger partial charge on any atom is -0.481 e. The fourth-order valence-electron chi connectivity index (χ4n) is 4.93. The number of amides is 1. The molecule has 0 aliphatic carbocycles. The van der Waals surface area contributed by atoms with Crippen LogP contribution in [0.4, 0.5) is 0 Å². The van der Waals surface area contributed by atoms with E-state index in [0.717, 1.165) is 23.6 Å². The van der Waals surface area contributed by atoms with E-state index < -0.39 is 6.10 Å². The van der Waals surface area contributed by atoms with Gasteiger partial charge in [0.15, 0.2) is 6.10 Å². The molecule has 2 aromatic carbocycles. The average molecular weight is 423 g/mol. The number of nitrogens with one attached hydrogen (secondary N) is 2. The highest BCUT2D eigenvalue weighted by atomic mass is 16.5. The minimum atomic E-state index is -0.675. The maximum atomic E-state index is 12.8. The SMILES string of the molecule is C[C@H](Oc1ccc2c(c1)oc(=O)c1ccccc12)C(=O)NC1CC(C)(C)NC(C)(C)C1. The number of fused-ring (bicyclic) bond motifs is 3. The molecular weight excluding hydrogens is 392 g/mol. The molecule has 1 saturated heterocycles. The molecule has 0 saturated carbocycles. The van der Waals surface area contributed by atoms with Crippen molar-refractivity contribution in [2.24, 2.45) is 0 Å². The monoisotopic (exact) mass is 422 g/mol. The first-order valence-corrected chi connectivity index (χ1v) is 10.8. The molecule has 6 nitrogen and oxygen atoms in total. The summed E-state index contributed by atoms with van der Waals surface area (Å²) in [4.78, 5) is 25.1. The predicted octanol–water partition coefficient (Wildman–Crippen LogP) is 4.14. The topological polar surface area (TPSA) is 80.6 Å². The molecule has 1 aliphatic heterocycles. The van der Waals surface area contributed by atoms with Crippen molar-refractivity contribution in [2.45, 2.75) is 70.7 Å². The molecule has 1 aromatic heterocycles. The number of carbonyl (C=O) groups is 1. The number of carbonyl (C=O) groups excluding carboxylic acids is 1. The van der Waals surface area contributed by atoms with E-state index in [0.29, 0.717) is 16.7 Å². The summed E-state index contributed by atoms with van der Waals surface area (Å²) in [5, 5.41) is 8.98. The molecule has 3 aromatic rings. The predicted molar refractivity (Wildman–Crippen MR) is 123 cm³/mol. The fraction of sp³-hybridized carbons (Fsp3) is 0.440. The number of benzene rings is 2. The molecule has 0 unspecified atom stereocenters. The van der Waals surface area contributed by atoms with Gasteiger partial charge >= 0.3 is 5.63 Å². The third-order valence-corrected chi connectivity index (χ3v) is 5.81. The molecule has 0 spiro atoms. The summed E-state index contributed by atoms with van der Waals surface area (Å²) < 4.78 is 11.4. The van der Waals surface area contributed by atoms with Crippen LogP contribution in [0.2, 0.25) is 0 Å². The molecule has 1 atom stereocenters. The Bertz CT molecular complexity index is 1180. The molecule has 1 amide bonds. The van der Waals surface area contributed by atoms with Crippen LogP contribution in [0.3, 0.4) is 0 Å². The van der Waals surface area contributed by atoms with Crippen molar-refractivity contribution in [2.75, 3.05) is 0 Å². The van der Waals surface area contributed by atoms with E-state index in [2.05, 4.69) is 38.3 Å². The molecule has 2 heterocycles. The van der Waals surface area contributed by atoms with Gasteiger partial charge in [-0.2, -0.15) is 0 Å². The van der Waals surface area contributed by atoms with Crippen LogP contribution in [0.15, 0.2) is 51.7 Å². The van der Waals surface area contributed by atoms with E-state index in [1.165, 1.54) is 0 Å². The highest BCUT2D eigenvalue weighted by molar-refractivity contribution is 6.04. The van der Waals surface area contributed by atoms with Crippen molar-refractivity contribution in [3.05, 3.63) is 52.9 Å². The molecule has 164 valence electrons. The zero-order valence-electron chi connectivity index (χ0n) is 18.7. The number of hydrogen-bond donors (Lipinski definition) is 2. The van der Waals surface area contributed by atoms with Gasteiger partial charge < -0.3 is 19.8 Å². The Labute approximate surface area is 182 Å². The Morgan fingerprint density at radius 2 is 1.71 bits per heavy atom. The summed E-state index contributed by atoms with van der Waals surface area (Å²) in [5.41, 5.74) is -0.0527. The van der Waals surface area contributed by atoms with Gasteiger partial charge in [0.2, 0.25) is 0 Å². The molecule has 2 N–H and O–H groups in total. The van der Waals surface area contributed by atoms with E-state index in [1.54, 1.807) is 25.1 Å². The van der Waals surface area contributed by atoms with Crippen molar-refractivity contribution in [3.8, 4) is 5.75 Å². The van der Waals surface area contributed by atoms with Gasteiger partial charge in [0.25, 0.3) is 5.91 Å². The van der Waals surface area contributed by atoms with Gasteiger partial charge in [-0.25, -0.2) is 4.79 Å². The van der Waals surface area contributed by atoms with Gasteiger partial charge in [-0.05, 0) is 71.0 Å². The standard InChI is InChI=1S/C25H30N2O4/c1-15(22(28)26-16-13-24(2,3)27-25(4,5)14-16)30-17-10-11-19-18-8-6-7-9-20(18)23(29)31-21(19)12-17/h6-12,15-16,27H,13-14H2,1-5H3,(H,26,28)/t15-/m0/s1. The van der Waals surface area contributed by atoms with Crippen LogP contribution >= 0.6 is 0 Å². The van der Waals surface area contributed by atoms with E-state index in [9.17, 15) is 9.59 Å². The van der Waals surface area contributed by atoms with E-state index in [4.69, 9.17) is 9.15 Å². The lowest BCUT2D eigenvalue weighted by atomic mass is 9.79. The van der Waals surface area contributed by atoms with Crippen LogP contribution in [0.25, 0.3) is 21.7 Å². The van der Waals surface area contributed by atoms with Crippen LogP contribution in [-0.4, -0.2) is 29.1 Å². The Morgan fingerprint density at radius 3 is 2.39 bits per heavy atom. The largest absolute Gasteiger partial charge is 0.481 e. The molecule has 31 heavy (non-hydrogen) atoms. The Hall–Kier alpha value is -2.86. The van der Waals surface area contributed by atoms with Crippen molar-refractivity contribution in [3.63, 3.8) is 0 Å². The quantitative estimate of drug-likeness (QED) is 0.488. The first-order valence-electron chi connectivity index (χ1n) is 10.8. The van der Waals surface area contributed by atoms with Crippen molar-refractivity contribution in [1.29, 1.82) is 0 Å². The first kappa shape index (κ1) is 21.4. The summed E-state index contributed by atoms with van der Waals surface area (Å²) in [6.45, 7) is 10.3. The average Bonchev–Trinajstić information content (AvgIpc) is 2.65. The number of rotatable bonds is 4. The number of hydrogen-bond acceptors (Lipinski definition) is 5. The second kappa shape index (κ2) is 7.68. The van der Waals surface area contributed by atoms with Crippen molar-refractivity contribution in [1.82, 2.24) is 10.6 Å². The van der Waals surface area contributed by atoms with E-state index >= 15 is 0 Å². The summed E-state index contributed by atoms with van der Waals surface area (Å²) >= 11 is 0. The van der Waals surface area contributed by atoms with Gasteiger partial charge in [-0.15, -0.1) is 0 Å². The maximum absolute atomic E-state index is 12.8. The molecule has 6 heteroatoms. The zero-order valence-corrected chi connectivity index (χ0v) is 18.7. The summed E-state index contributed by atoms with van der Waals surface area (Å²) in [6, 6.07) is 12.8. The lowest BCUT2D eigenvalue weighted by Gasteiger charge is -2.46. The fourth-order valence-corrected chi connectivity index (χ4v) is 4.93. The van der Waals surface area contributed by atoms with Crippen molar-refractivity contribution >= 4 is 27.6 Å². The lowest BCUT2D eigenvalue weighted by molar-refractivity contribution is -0.128. The van der Waals surface area contributed by atoms with Crippen molar-refractivity contribution < 1.29 is 13.9 Å². The van der Waals surface area contributed by atoms with E-state index in [1.807, 2.05) is 24.3 Å². The zero-order chi connectivity index (χ0) is 22.4. The van der Waals surface area contributed by atoms with Gasteiger partial charge in [-0.1, -0.05) is 18.2 Å². The van der Waals surface area contributed by atoms with Gasteiger partial charge in [0, 0.05) is 28.6 Å². The highest BCUT2D eigenvalue weighted by Crippen LogP contribution is 2.29.